The molecule has 1 N–H and O–H groups in total. The Morgan fingerprint density at radius 1 is 1.50 bits per heavy atom. The smallest absolute Gasteiger partial charge is 0.0620 e. The first-order valence-electron chi connectivity index (χ1n) is 4.69. The third-order valence-electron chi connectivity index (χ3n) is 2.24. The van der Waals surface area contributed by atoms with E-state index in [9.17, 15) is 0 Å². The summed E-state index contributed by atoms with van der Waals surface area (Å²) in [7, 11) is 1.96. The van der Waals surface area contributed by atoms with Crippen LogP contribution in [0.5, 0.6) is 0 Å². The molecule has 1 aliphatic rings. The summed E-state index contributed by atoms with van der Waals surface area (Å²) in [4.78, 5) is 0. The summed E-state index contributed by atoms with van der Waals surface area (Å²) in [6.45, 7) is 4.65. The lowest BCUT2D eigenvalue weighted by atomic mass is 10.1. The molecule has 1 rings (SSSR count). The molecule has 0 amide bonds. The average molecular weight is 173 g/mol. The first-order chi connectivity index (χ1) is 5.83. The molecule has 3 nitrogen and oxygen atoms in total. The SMILES string of the molecule is CNC(C)COC1CCOCC1. The van der Waals surface area contributed by atoms with E-state index in [2.05, 4.69) is 12.2 Å². The number of hydrogen-bond acceptors (Lipinski definition) is 3. The fraction of sp³-hybridized carbons (Fsp3) is 1.00. The molecular weight excluding hydrogens is 154 g/mol. The largest absolute Gasteiger partial charge is 0.381 e. The van der Waals surface area contributed by atoms with Crippen molar-refractivity contribution >= 4 is 0 Å². The standard InChI is InChI=1S/C9H19NO2/c1-8(10-2)7-12-9-3-5-11-6-4-9/h8-10H,3-7H2,1-2H3. The molecule has 0 aromatic carbocycles. The van der Waals surface area contributed by atoms with Crippen LogP contribution < -0.4 is 5.32 Å². The van der Waals surface area contributed by atoms with Crippen LogP contribution in [0.1, 0.15) is 19.8 Å². The van der Waals surface area contributed by atoms with Gasteiger partial charge in [0, 0.05) is 19.3 Å². The first kappa shape index (κ1) is 9.96. The van der Waals surface area contributed by atoms with Gasteiger partial charge in [0.2, 0.25) is 0 Å². The van der Waals surface area contributed by atoms with Gasteiger partial charge in [-0.15, -0.1) is 0 Å². The number of ether oxygens (including phenoxy) is 2. The highest BCUT2D eigenvalue weighted by molar-refractivity contribution is 4.64. The number of rotatable bonds is 4. The van der Waals surface area contributed by atoms with Gasteiger partial charge in [0.1, 0.15) is 0 Å². The molecule has 0 aromatic rings. The van der Waals surface area contributed by atoms with Crippen molar-refractivity contribution in [3.63, 3.8) is 0 Å². The zero-order valence-corrected chi connectivity index (χ0v) is 8.01. The molecule has 0 bridgehead atoms. The van der Waals surface area contributed by atoms with Gasteiger partial charge in [-0.05, 0) is 26.8 Å². The topological polar surface area (TPSA) is 30.5 Å². The fourth-order valence-corrected chi connectivity index (χ4v) is 1.21. The van der Waals surface area contributed by atoms with Crippen LogP contribution in [0.2, 0.25) is 0 Å². The van der Waals surface area contributed by atoms with Crippen LogP contribution in [-0.4, -0.2) is 39.0 Å². The molecular formula is C9H19NO2. The van der Waals surface area contributed by atoms with Gasteiger partial charge in [-0.2, -0.15) is 0 Å². The van der Waals surface area contributed by atoms with Gasteiger partial charge in [-0.3, -0.25) is 0 Å². The molecule has 1 atom stereocenters. The molecule has 3 heteroatoms. The summed E-state index contributed by atoms with van der Waals surface area (Å²) < 4.78 is 10.9. The van der Waals surface area contributed by atoms with Crippen molar-refractivity contribution in [1.29, 1.82) is 0 Å². The van der Waals surface area contributed by atoms with Gasteiger partial charge in [-0.1, -0.05) is 0 Å². The Balaban J connectivity index is 2.05. The Morgan fingerprint density at radius 2 is 2.17 bits per heavy atom. The minimum atomic E-state index is 0.426. The maximum atomic E-state index is 5.69. The number of nitrogens with one attached hydrogen (secondary N) is 1. The minimum absolute atomic E-state index is 0.426. The summed E-state index contributed by atoms with van der Waals surface area (Å²) in [5, 5.41) is 3.15. The van der Waals surface area contributed by atoms with Crippen LogP contribution in [0, 0.1) is 0 Å². The lowest BCUT2D eigenvalue weighted by Crippen LogP contribution is -2.31. The van der Waals surface area contributed by atoms with Gasteiger partial charge in [0.15, 0.2) is 0 Å². The van der Waals surface area contributed by atoms with E-state index >= 15 is 0 Å². The Morgan fingerprint density at radius 3 is 2.75 bits per heavy atom. The first-order valence-corrected chi connectivity index (χ1v) is 4.69. The molecule has 0 aromatic heterocycles. The van der Waals surface area contributed by atoms with Gasteiger partial charge < -0.3 is 14.8 Å². The monoisotopic (exact) mass is 173 g/mol. The molecule has 0 aliphatic carbocycles. The average Bonchev–Trinajstić information content (AvgIpc) is 2.16. The molecule has 72 valence electrons. The van der Waals surface area contributed by atoms with E-state index in [0.29, 0.717) is 12.1 Å². The minimum Gasteiger partial charge on any atom is -0.381 e. The quantitative estimate of drug-likeness (QED) is 0.682. The van der Waals surface area contributed by atoms with Crippen LogP contribution >= 0.6 is 0 Å². The van der Waals surface area contributed by atoms with Crippen molar-refractivity contribution in [3.05, 3.63) is 0 Å². The van der Waals surface area contributed by atoms with Crippen molar-refractivity contribution < 1.29 is 9.47 Å². The summed E-state index contributed by atoms with van der Waals surface area (Å²) >= 11 is 0. The molecule has 1 aliphatic heterocycles. The third kappa shape index (κ3) is 3.52. The number of hydrogen-bond donors (Lipinski definition) is 1. The molecule has 1 unspecified atom stereocenters. The molecule has 0 saturated carbocycles. The molecule has 1 heterocycles. The summed E-state index contributed by atoms with van der Waals surface area (Å²) in [5.41, 5.74) is 0. The van der Waals surface area contributed by atoms with E-state index in [1.807, 2.05) is 7.05 Å². The van der Waals surface area contributed by atoms with E-state index in [-0.39, 0.29) is 0 Å². The molecule has 1 fully saturated rings. The third-order valence-corrected chi connectivity index (χ3v) is 2.24. The Bertz CT molecular complexity index is 113. The van der Waals surface area contributed by atoms with Crippen LogP contribution in [0.15, 0.2) is 0 Å². The van der Waals surface area contributed by atoms with Gasteiger partial charge in [0.05, 0.1) is 12.7 Å². The predicted octanol–water partition coefficient (Wildman–Crippen LogP) is 0.790. The Labute approximate surface area is 74.4 Å². The van der Waals surface area contributed by atoms with Crippen molar-refractivity contribution in [2.45, 2.75) is 31.9 Å². The lowest BCUT2D eigenvalue weighted by Gasteiger charge is -2.23. The molecule has 0 radical (unpaired) electrons. The summed E-state index contributed by atoms with van der Waals surface area (Å²) in [6, 6.07) is 0.452. The van der Waals surface area contributed by atoms with Crippen LogP contribution in [0.4, 0.5) is 0 Å². The van der Waals surface area contributed by atoms with Crippen molar-refractivity contribution in [2.75, 3.05) is 26.9 Å². The molecule has 0 spiro atoms. The second-order valence-electron chi connectivity index (χ2n) is 3.33. The second-order valence-corrected chi connectivity index (χ2v) is 3.33. The fourth-order valence-electron chi connectivity index (χ4n) is 1.21. The van der Waals surface area contributed by atoms with Gasteiger partial charge in [0.25, 0.3) is 0 Å². The summed E-state index contributed by atoms with van der Waals surface area (Å²) in [5.74, 6) is 0. The molecule has 1 saturated heterocycles. The zero-order valence-electron chi connectivity index (χ0n) is 8.01. The maximum Gasteiger partial charge on any atom is 0.0620 e. The van der Waals surface area contributed by atoms with Gasteiger partial charge >= 0.3 is 0 Å². The zero-order chi connectivity index (χ0) is 8.81. The second kappa shape index (κ2) is 5.51. The van der Waals surface area contributed by atoms with E-state index < -0.39 is 0 Å². The normalized spacial score (nSPS) is 22.5. The molecule has 12 heavy (non-hydrogen) atoms. The Kier molecular flexibility index (Phi) is 4.58. The van der Waals surface area contributed by atoms with Crippen molar-refractivity contribution in [3.8, 4) is 0 Å². The van der Waals surface area contributed by atoms with Gasteiger partial charge in [-0.25, -0.2) is 0 Å². The summed E-state index contributed by atoms with van der Waals surface area (Å²) in [6.07, 6.45) is 2.53. The highest BCUT2D eigenvalue weighted by atomic mass is 16.5. The van der Waals surface area contributed by atoms with E-state index in [1.165, 1.54) is 0 Å². The van der Waals surface area contributed by atoms with Crippen LogP contribution in [0.3, 0.4) is 0 Å². The Hall–Kier alpha value is -0.120. The van der Waals surface area contributed by atoms with Crippen LogP contribution in [-0.2, 0) is 9.47 Å². The highest BCUT2D eigenvalue weighted by Crippen LogP contribution is 2.10. The lowest BCUT2D eigenvalue weighted by molar-refractivity contribution is -0.0363. The van der Waals surface area contributed by atoms with E-state index in [1.54, 1.807) is 0 Å². The van der Waals surface area contributed by atoms with Crippen LogP contribution in [0.25, 0.3) is 0 Å². The predicted molar refractivity (Wildman–Crippen MR) is 48.3 cm³/mol. The van der Waals surface area contributed by atoms with Crippen molar-refractivity contribution in [2.24, 2.45) is 0 Å². The van der Waals surface area contributed by atoms with E-state index in [0.717, 1.165) is 32.7 Å². The van der Waals surface area contributed by atoms with Crippen molar-refractivity contribution in [1.82, 2.24) is 5.32 Å². The van der Waals surface area contributed by atoms with E-state index in [4.69, 9.17) is 9.47 Å². The highest BCUT2D eigenvalue weighted by Gasteiger charge is 2.14. The maximum absolute atomic E-state index is 5.69. The number of likely N-dealkylation sites (N-methyl/N-ethyl adjacent to an activating group) is 1.